The zero-order valence-corrected chi connectivity index (χ0v) is 7.52. The zero-order valence-electron chi connectivity index (χ0n) is 6.70. The van der Waals surface area contributed by atoms with Crippen LogP contribution in [0.3, 0.4) is 0 Å². The van der Waals surface area contributed by atoms with Crippen molar-refractivity contribution in [3.8, 4) is 0 Å². The van der Waals surface area contributed by atoms with Crippen LogP contribution < -0.4 is 0 Å². The summed E-state index contributed by atoms with van der Waals surface area (Å²) in [5.41, 5.74) is -1.16. The van der Waals surface area contributed by atoms with Gasteiger partial charge in [-0.3, -0.25) is 4.79 Å². The van der Waals surface area contributed by atoms with Crippen molar-refractivity contribution in [3.05, 3.63) is 0 Å². The molecule has 0 aromatic carbocycles. The third kappa shape index (κ3) is 1.31. The second kappa shape index (κ2) is 2.42. The molecule has 0 amide bonds. The Kier molecular flexibility index (Phi) is 1.90. The average molecular weight is 196 g/mol. The molecular formula is C6H9FO4S. The molecule has 1 aliphatic rings. The van der Waals surface area contributed by atoms with E-state index in [4.69, 9.17) is 0 Å². The molecule has 0 N–H and O–H groups in total. The van der Waals surface area contributed by atoms with Gasteiger partial charge < -0.3 is 4.74 Å². The minimum Gasteiger partial charge on any atom is -0.469 e. The summed E-state index contributed by atoms with van der Waals surface area (Å²) in [5.74, 6) is -0.672. The van der Waals surface area contributed by atoms with Gasteiger partial charge in [-0.2, -0.15) is 8.42 Å². The van der Waals surface area contributed by atoms with E-state index in [-0.39, 0.29) is 6.42 Å². The molecule has 0 unspecified atom stereocenters. The lowest BCUT2D eigenvalue weighted by Crippen LogP contribution is -2.20. The molecule has 70 valence electrons. The van der Waals surface area contributed by atoms with E-state index in [2.05, 4.69) is 4.74 Å². The Hall–Kier alpha value is -0.650. The van der Waals surface area contributed by atoms with E-state index in [0.29, 0.717) is 0 Å². The topological polar surface area (TPSA) is 60.4 Å². The van der Waals surface area contributed by atoms with E-state index in [9.17, 15) is 17.1 Å². The molecule has 0 radical (unpaired) electrons. The van der Waals surface area contributed by atoms with Crippen molar-refractivity contribution >= 4 is 16.2 Å². The van der Waals surface area contributed by atoms with Crippen molar-refractivity contribution in [3.63, 3.8) is 0 Å². The summed E-state index contributed by atoms with van der Waals surface area (Å²) in [4.78, 5) is 10.9. The fraction of sp³-hybridized carbons (Fsp3) is 0.833. The number of hydrogen-bond acceptors (Lipinski definition) is 4. The summed E-state index contributed by atoms with van der Waals surface area (Å²) in [7, 11) is -3.45. The molecule has 0 aromatic heterocycles. The third-order valence-corrected chi connectivity index (χ3v) is 3.52. The van der Waals surface area contributed by atoms with Gasteiger partial charge in [0.25, 0.3) is 0 Å². The number of esters is 1. The first kappa shape index (κ1) is 9.44. The van der Waals surface area contributed by atoms with Gasteiger partial charge in [0.2, 0.25) is 0 Å². The highest BCUT2D eigenvalue weighted by atomic mass is 32.3. The van der Waals surface area contributed by atoms with Crippen LogP contribution in [0.4, 0.5) is 3.89 Å². The maximum absolute atomic E-state index is 12.3. The Morgan fingerprint density at radius 1 is 1.67 bits per heavy atom. The molecular weight excluding hydrogens is 187 g/mol. The lowest BCUT2D eigenvalue weighted by molar-refractivity contribution is -0.146. The fourth-order valence-corrected chi connectivity index (χ4v) is 2.45. The summed E-state index contributed by atoms with van der Waals surface area (Å²) in [6.45, 7) is 1.38. The van der Waals surface area contributed by atoms with Gasteiger partial charge in [0, 0.05) is 0 Å². The maximum Gasteiger partial charge on any atom is 0.312 e. The van der Waals surface area contributed by atoms with Gasteiger partial charge in [0.15, 0.2) is 0 Å². The lowest BCUT2D eigenvalue weighted by Gasteiger charge is -2.04. The van der Waals surface area contributed by atoms with Crippen molar-refractivity contribution in [2.75, 3.05) is 7.11 Å². The highest BCUT2D eigenvalue weighted by Crippen LogP contribution is 2.51. The highest BCUT2D eigenvalue weighted by Gasteiger charge is 2.64. The molecule has 0 heterocycles. The van der Waals surface area contributed by atoms with E-state index in [1.54, 1.807) is 0 Å². The minimum absolute atomic E-state index is 0.0124. The molecule has 0 bridgehead atoms. The molecule has 2 atom stereocenters. The quantitative estimate of drug-likeness (QED) is 0.468. The fourth-order valence-electron chi connectivity index (χ4n) is 1.18. The standard InChI is InChI=1S/C6H9FO4S/c1-6(5(8)11-2)3-4(6)12(7,9)10/h4H,3H2,1-2H3/t4-,6-/m1/s1. The molecule has 1 aliphatic carbocycles. The van der Waals surface area contributed by atoms with Crippen LogP contribution in [0.15, 0.2) is 0 Å². The van der Waals surface area contributed by atoms with Gasteiger partial charge in [-0.05, 0) is 13.3 Å². The number of hydrogen-bond donors (Lipinski definition) is 0. The first-order valence-corrected chi connectivity index (χ1v) is 4.79. The molecule has 0 spiro atoms. The van der Waals surface area contributed by atoms with Crippen LogP contribution >= 0.6 is 0 Å². The van der Waals surface area contributed by atoms with E-state index in [0.717, 1.165) is 7.11 Å². The summed E-state index contributed by atoms with van der Waals surface area (Å²) in [6, 6.07) is 0. The predicted molar refractivity (Wildman–Crippen MR) is 38.6 cm³/mol. The SMILES string of the molecule is COC(=O)[C@]1(C)C[C@H]1S(=O)(=O)F. The van der Waals surface area contributed by atoms with Crippen LogP contribution in [0.1, 0.15) is 13.3 Å². The van der Waals surface area contributed by atoms with E-state index < -0.39 is 26.9 Å². The number of halogens is 1. The van der Waals surface area contributed by atoms with Crippen LogP contribution in [-0.4, -0.2) is 26.7 Å². The minimum atomic E-state index is -4.59. The predicted octanol–water partition coefficient (Wildman–Crippen LogP) is 0.237. The molecule has 6 heteroatoms. The second-order valence-electron chi connectivity index (χ2n) is 3.08. The highest BCUT2D eigenvalue weighted by molar-refractivity contribution is 7.87. The van der Waals surface area contributed by atoms with Gasteiger partial charge in [0.05, 0.1) is 12.5 Å². The summed E-state index contributed by atoms with van der Waals surface area (Å²) >= 11 is 0. The third-order valence-electron chi connectivity index (χ3n) is 2.15. The second-order valence-corrected chi connectivity index (χ2v) is 4.60. The first-order valence-electron chi connectivity index (χ1n) is 3.34. The van der Waals surface area contributed by atoms with Crippen LogP contribution in [0.2, 0.25) is 0 Å². The van der Waals surface area contributed by atoms with Gasteiger partial charge in [-0.25, -0.2) is 0 Å². The molecule has 0 aromatic rings. The monoisotopic (exact) mass is 196 g/mol. The molecule has 0 aliphatic heterocycles. The zero-order chi connectivity index (χ0) is 9.57. The van der Waals surface area contributed by atoms with Crippen molar-refractivity contribution in [2.45, 2.75) is 18.6 Å². The van der Waals surface area contributed by atoms with Gasteiger partial charge >= 0.3 is 16.2 Å². The van der Waals surface area contributed by atoms with Gasteiger partial charge in [-0.15, -0.1) is 3.89 Å². The van der Waals surface area contributed by atoms with Crippen LogP contribution in [0.25, 0.3) is 0 Å². The smallest absolute Gasteiger partial charge is 0.312 e. The van der Waals surface area contributed by atoms with Gasteiger partial charge in [0.1, 0.15) is 5.25 Å². The van der Waals surface area contributed by atoms with E-state index >= 15 is 0 Å². The molecule has 4 nitrogen and oxygen atoms in total. The summed E-state index contributed by atoms with van der Waals surface area (Å²) in [5, 5.41) is -1.21. The number of methoxy groups -OCH3 is 1. The Bertz CT molecular complexity index is 310. The van der Waals surface area contributed by atoms with Crippen LogP contribution in [-0.2, 0) is 19.8 Å². The molecule has 0 saturated heterocycles. The van der Waals surface area contributed by atoms with E-state index in [1.807, 2.05) is 0 Å². The molecule has 1 saturated carbocycles. The van der Waals surface area contributed by atoms with Gasteiger partial charge in [-0.1, -0.05) is 0 Å². The largest absolute Gasteiger partial charge is 0.469 e. The lowest BCUT2D eigenvalue weighted by atomic mass is 10.1. The summed E-state index contributed by atoms with van der Waals surface area (Å²) in [6.07, 6.45) is 0.0124. The number of ether oxygens (including phenoxy) is 1. The Labute approximate surface area is 69.9 Å². The molecule has 1 fully saturated rings. The van der Waals surface area contributed by atoms with Crippen molar-refractivity contribution in [1.29, 1.82) is 0 Å². The average Bonchev–Trinajstić information content (AvgIpc) is 2.61. The number of carbonyl (C=O) groups excluding carboxylic acids is 1. The Morgan fingerprint density at radius 3 is 2.42 bits per heavy atom. The van der Waals surface area contributed by atoms with E-state index in [1.165, 1.54) is 6.92 Å². The molecule has 1 rings (SSSR count). The van der Waals surface area contributed by atoms with Crippen molar-refractivity contribution in [2.24, 2.45) is 5.41 Å². The Balaban J connectivity index is 2.80. The maximum atomic E-state index is 12.3. The van der Waals surface area contributed by atoms with Crippen molar-refractivity contribution in [1.82, 2.24) is 0 Å². The summed E-state index contributed by atoms with van der Waals surface area (Å²) < 4.78 is 37.4. The Morgan fingerprint density at radius 2 is 2.17 bits per heavy atom. The molecule has 12 heavy (non-hydrogen) atoms. The normalized spacial score (nSPS) is 34.4. The first-order chi connectivity index (χ1) is 5.32. The number of carbonyl (C=O) groups is 1. The van der Waals surface area contributed by atoms with Crippen molar-refractivity contribution < 1.29 is 21.8 Å². The van der Waals surface area contributed by atoms with Crippen LogP contribution in [0, 0.1) is 5.41 Å². The van der Waals surface area contributed by atoms with Crippen LogP contribution in [0.5, 0.6) is 0 Å². The number of rotatable bonds is 2.